The maximum absolute atomic E-state index is 14.0. The number of nitrogens with zero attached hydrogens (tertiary/aromatic N) is 1. The van der Waals surface area contributed by atoms with E-state index in [0.29, 0.717) is 16.5 Å². The predicted octanol–water partition coefficient (Wildman–Crippen LogP) is 6.02. The highest BCUT2D eigenvalue weighted by Crippen LogP contribution is 2.55. The molecule has 0 saturated carbocycles. The zero-order chi connectivity index (χ0) is 25.3. The molecule has 4 aromatic rings. The third kappa shape index (κ3) is 3.20. The topological polar surface area (TPSA) is 63.7 Å². The highest BCUT2D eigenvalue weighted by atomic mass is 35.5. The van der Waals surface area contributed by atoms with Crippen LogP contribution in [-0.2, 0) is 14.4 Å². The van der Waals surface area contributed by atoms with Crippen LogP contribution in [0.25, 0.3) is 16.3 Å². The van der Waals surface area contributed by atoms with Gasteiger partial charge in [-0.25, -0.2) is 4.90 Å². The molecule has 0 radical (unpaired) electrons. The first-order valence-corrected chi connectivity index (χ1v) is 12.5. The van der Waals surface area contributed by atoms with E-state index in [-0.39, 0.29) is 5.91 Å². The fraction of sp³-hybridized carbons (Fsp3) is 0.129. The Labute approximate surface area is 217 Å². The van der Waals surface area contributed by atoms with Crippen LogP contribution in [0, 0.1) is 17.8 Å². The number of hydrogen-bond acceptors (Lipinski definition) is 4. The van der Waals surface area contributed by atoms with E-state index in [0.717, 1.165) is 27.5 Å². The lowest BCUT2D eigenvalue weighted by Gasteiger charge is -2.38. The summed E-state index contributed by atoms with van der Waals surface area (Å²) in [4.78, 5) is 42.7. The van der Waals surface area contributed by atoms with Crippen LogP contribution in [0.2, 0.25) is 5.02 Å². The van der Waals surface area contributed by atoms with Gasteiger partial charge in [0, 0.05) is 16.5 Å². The van der Waals surface area contributed by atoms with Crippen molar-refractivity contribution in [2.45, 2.75) is 5.92 Å². The van der Waals surface area contributed by atoms with Crippen LogP contribution in [0.1, 0.15) is 17.0 Å². The average Bonchev–Trinajstić information content (AvgIpc) is 3.18. The van der Waals surface area contributed by atoms with Gasteiger partial charge in [0.1, 0.15) is 5.75 Å². The van der Waals surface area contributed by atoms with Gasteiger partial charge in [0.15, 0.2) is 0 Å². The first-order chi connectivity index (χ1) is 18.0. The SMILES string of the molecule is O=C1Oc2ccc3ccccc3c2C2=C[C@H](c3ccccc3)[C@@H]3C(=O)N(c4cccc(Cl)c4)C(=O)[C@H]3[C@@H]12. The zero-order valence-corrected chi connectivity index (χ0v) is 20.3. The Bertz CT molecular complexity index is 1660. The highest BCUT2D eigenvalue weighted by molar-refractivity contribution is 6.31. The van der Waals surface area contributed by atoms with E-state index in [2.05, 4.69) is 0 Å². The molecule has 0 N–H and O–H groups in total. The summed E-state index contributed by atoms with van der Waals surface area (Å²) in [7, 11) is 0. The smallest absolute Gasteiger partial charge is 0.319 e. The van der Waals surface area contributed by atoms with Crippen LogP contribution >= 0.6 is 11.6 Å². The third-order valence-electron chi connectivity index (χ3n) is 7.73. The van der Waals surface area contributed by atoms with Gasteiger partial charge in [0.25, 0.3) is 0 Å². The number of carbonyl (C=O) groups excluding carboxylic acids is 3. The normalized spacial score (nSPS) is 24.3. The second-order valence-electron chi connectivity index (χ2n) is 9.66. The molecule has 37 heavy (non-hydrogen) atoms. The largest absolute Gasteiger partial charge is 0.425 e. The molecule has 1 fully saturated rings. The molecule has 7 rings (SSSR count). The number of rotatable bonds is 2. The van der Waals surface area contributed by atoms with E-state index >= 15 is 0 Å². The Hall–Kier alpha value is -4.22. The molecule has 0 unspecified atom stereocenters. The second-order valence-corrected chi connectivity index (χ2v) is 10.1. The number of carbonyl (C=O) groups is 3. The van der Waals surface area contributed by atoms with Gasteiger partial charge in [-0.2, -0.15) is 0 Å². The average molecular weight is 506 g/mol. The number of ether oxygens (including phenoxy) is 1. The molecule has 2 aliphatic heterocycles. The Morgan fingerprint density at radius 2 is 1.51 bits per heavy atom. The van der Waals surface area contributed by atoms with E-state index in [1.165, 1.54) is 4.90 Å². The molecular weight excluding hydrogens is 486 g/mol. The quantitative estimate of drug-likeness (QED) is 0.190. The van der Waals surface area contributed by atoms with Crippen LogP contribution in [-0.4, -0.2) is 17.8 Å². The van der Waals surface area contributed by atoms with Crippen molar-refractivity contribution in [2.24, 2.45) is 17.8 Å². The van der Waals surface area contributed by atoms with E-state index in [1.54, 1.807) is 30.3 Å². The number of esters is 1. The molecule has 0 spiro atoms. The van der Waals surface area contributed by atoms with Gasteiger partial charge in [-0.1, -0.05) is 84.4 Å². The van der Waals surface area contributed by atoms with Crippen molar-refractivity contribution in [1.82, 2.24) is 0 Å². The summed E-state index contributed by atoms with van der Waals surface area (Å²) in [6, 6.07) is 28.0. The van der Waals surface area contributed by atoms with Crippen LogP contribution in [0.15, 0.2) is 97.1 Å². The van der Waals surface area contributed by atoms with Crippen molar-refractivity contribution in [3.05, 3.63) is 113 Å². The summed E-state index contributed by atoms with van der Waals surface area (Å²) in [6.45, 7) is 0. The summed E-state index contributed by atoms with van der Waals surface area (Å²) in [5.74, 6) is -3.69. The van der Waals surface area contributed by atoms with Gasteiger partial charge < -0.3 is 4.74 Å². The van der Waals surface area contributed by atoms with Gasteiger partial charge in [-0.15, -0.1) is 0 Å². The molecule has 3 aliphatic rings. The molecule has 0 aromatic heterocycles. The number of imide groups is 1. The maximum Gasteiger partial charge on any atom is 0.319 e. The van der Waals surface area contributed by atoms with E-state index in [4.69, 9.17) is 16.3 Å². The van der Waals surface area contributed by atoms with Crippen molar-refractivity contribution in [1.29, 1.82) is 0 Å². The Kier molecular flexibility index (Phi) is 4.85. The molecule has 0 bridgehead atoms. The third-order valence-corrected chi connectivity index (χ3v) is 7.97. The predicted molar refractivity (Wildman–Crippen MR) is 141 cm³/mol. The number of hydrogen-bond donors (Lipinski definition) is 0. The summed E-state index contributed by atoms with van der Waals surface area (Å²) in [5, 5.41) is 2.37. The number of amides is 2. The molecule has 1 saturated heterocycles. The van der Waals surface area contributed by atoms with Crippen molar-refractivity contribution in [3.8, 4) is 5.75 Å². The molecule has 1 aliphatic carbocycles. The van der Waals surface area contributed by atoms with Crippen LogP contribution < -0.4 is 9.64 Å². The molecule has 4 atom stereocenters. The van der Waals surface area contributed by atoms with Crippen LogP contribution in [0.5, 0.6) is 5.75 Å². The molecular formula is C31H20ClNO4. The van der Waals surface area contributed by atoms with Gasteiger partial charge in [0.05, 0.1) is 23.4 Å². The first-order valence-electron chi connectivity index (χ1n) is 12.2. The Morgan fingerprint density at radius 3 is 2.32 bits per heavy atom. The van der Waals surface area contributed by atoms with Gasteiger partial charge >= 0.3 is 5.97 Å². The van der Waals surface area contributed by atoms with Gasteiger partial charge in [-0.05, 0) is 46.2 Å². The number of halogens is 1. The number of fused-ring (bicyclic) bond motifs is 7. The summed E-state index contributed by atoms with van der Waals surface area (Å²) >= 11 is 6.21. The molecule has 4 aromatic carbocycles. The van der Waals surface area contributed by atoms with Crippen molar-refractivity contribution in [2.75, 3.05) is 4.90 Å². The second kappa shape index (κ2) is 8.15. The molecule has 2 amide bonds. The fourth-order valence-electron chi connectivity index (χ4n) is 6.20. The van der Waals surface area contributed by atoms with Crippen LogP contribution in [0.3, 0.4) is 0 Å². The van der Waals surface area contributed by atoms with Crippen molar-refractivity contribution in [3.63, 3.8) is 0 Å². The minimum Gasteiger partial charge on any atom is -0.425 e. The fourth-order valence-corrected chi connectivity index (χ4v) is 6.39. The lowest BCUT2D eigenvalue weighted by Crippen LogP contribution is -2.42. The summed E-state index contributed by atoms with van der Waals surface area (Å²) in [6.07, 6.45) is 2.01. The van der Waals surface area contributed by atoms with E-state index < -0.39 is 35.5 Å². The minimum absolute atomic E-state index is 0.335. The van der Waals surface area contributed by atoms with E-state index in [1.807, 2.05) is 66.7 Å². The standard InChI is InChI=1S/C31H20ClNO4/c32-19-10-6-11-20(15-19)33-29(34)26-22(17-7-2-1-3-8-17)16-23-25-21-12-5-4-9-18(21)13-14-24(25)37-31(36)27(23)28(26)30(33)35/h1-16,22,26-28H/t22-,26+,27+,28-/m1/s1. The van der Waals surface area contributed by atoms with Gasteiger partial charge in [0.2, 0.25) is 11.8 Å². The Balaban J connectivity index is 1.48. The van der Waals surface area contributed by atoms with Crippen LogP contribution in [0.4, 0.5) is 5.69 Å². The molecule has 6 heteroatoms. The van der Waals surface area contributed by atoms with Crippen molar-refractivity contribution < 1.29 is 19.1 Å². The lowest BCUT2D eigenvalue weighted by molar-refractivity contribution is -0.142. The van der Waals surface area contributed by atoms with E-state index in [9.17, 15) is 14.4 Å². The molecule has 5 nitrogen and oxygen atoms in total. The lowest BCUT2D eigenvalue weighted by atomic mass is 9.64. The first kappa shape index (κ1) is 22.0. The molecule has 180 valence electrons. The monoisotopic (exact) mass is 505 g/mol. The molecule has 2 heterocycles. The highest BCUT2D eigenvalue weighted by Gasteiger charge is 2.60. The maximum atomic E-state index is 14.0. The van der Waals surface area contributed by atoms with Gasteiger partial charge in [-0.3, -0.25) is 14.4 Å². The van der Waals surface area contributed by atoms with Crippen molar-refractivity contribution >= 4 is 51.4 Å². The number of allylic oxidation sites excluding steroid dienone is 1. The summed E-state index contributed by atoms with van der Waals surface area (Å²) < 4.78 is 5.82. The zero-order valence-electron chi connectivity index (χ0n) is 19.5. The number of anilines is 1. The summed E-state index contributed by atoms with van der Waals surface area (Å²) in [5.41, 5.74) is 2.87. The Morgan fingerprint density at radius 1 is 0.757 bits per heavy atom. The number of benzene rings is 4. The minimum atomic E-state index is -0.892.